The number of aryl methyl sites for hydroxylation is 1. The molecule has 0 saturated heterocycles. The van der Waals surface area contributed by atoms with Crippen molar-refractivity contribution in [3.63, 3.8) is 0 Å². The van der Waals surface area contributed by atoms with Gasteiger partial charge in [0, 0.05) is 6.07 Å². The Morgan fingerprint density at radius 3 is 2.24 bits per heavy atom. The molecule has 1 aromatic heterocycles. The second kappa shape index (κ2) is 3.59. The summed E-state index contributed by atoms with van der Waals surface area (Å²) >= 11 is 0. The van der Waals surface area contributed by atoms with Crippen molar-refractivity contribution in [2.45, 2.75) is 6.92 Å². The van der Waals surface area contributed by atoms with Gasteiger partial charge < -0.3 is 5.11 Å². The molecule has 4 nitrogen and oxygen atoms in total. The third-order valence-corrected chi connectivity index (χ3v) is 2.56. The lowest BCUT2D eigenvalue weighted by atomic mass is 10.2. The van der Waals surface area contributed by atoms with E-state index in [0.717, 1.165) is 22.3 Å². The molecule has 0 aliphatic rings. The number of benzene rings is 2. The van der Waals surface area contributed by atoms with E-state index in [9.17, 15) is 5.11 Å². The minimum Gasteiger partial charge on any atom is -0.508 e. The van der Waals surface area contributed by atoms with Crippen LogP contribution in [0.5, 0.6) is 5.75 Å². The van der Waals surface area contributed by atoms with E-state index < -0.39 is 0 Å². The van der Waals surface area contributed by atoms with E-state index in [1.54, 1.807) is 12.1 Å². The molecule has 84 valence electrons. The summed E-state index contributed by atoms with van der Waals surface area (Å²) < 4.78 is 0. The molecule has 17 heavy (non-hydrogen) atoms. The van der Waals surface area contributed by atoms with Gasteiger partial charge in [-0.3, -0.25) is 0 Å². The van der Waals surface area contributed by atoms with Crippen molar-refractivity contribution in [1.29, 1.82) is 0 Å². The second-order valence-corrected chi connectivity index (χ2v) is 4.00. The summed E-state index contributed by atoms with van der Waals surface area (Å²) in [5, 5.41) is 18.3. The maximum atomic E-state index is 9.56. The van der Waals surface area contributed by atoms with Crippen LogP contribution in [0.1, 0.15) is 5.56 Å². The van der Waals surface area contributed by atoms with Crippen LogP contribution >= 0.6 is 0 Å². The Morgan fingerprint density at radius 2 is 1.65 bits per heavy atom. The number of phenols is 1. The normalized spacial score (nSPS) is 10.9. The Labute approximate surface area is 98.1 Å². The first kappa shape index (κ1) is 9.84. The van der Waals surface area contributed by atoms with Crippen LogP contribution in [0, 0.1) is 6.92 Å². The minimum absolute atomic E-state index is 0.223. The Kier molecular flexibility index (Phi) is 2.08. The van der Waals surface area contributed by atoms with E-state index >= 15 is 0 Å². The van der Waals surface area contributed by atoms with Crippen molar-refractivity contribution in [3.05, 3.63) is 48.0 Å². The molecule has 1 N–H and O–H groups in total. The Bertz CT molecular complexity index is 635. The van der Waals surface area contributed by atoms with Crippen molar-refractivity contribution in [2.75, 3.05) is 0 Å². The fourth-order valence-corrected chi connectivity index (χ4v) is 1.83. The predicted molar refractivity (Wildman–Crippen MR) is 65.3 cm³/mol. The van der Waals surface area contributed by atoms with Crippen molar-refractivity contribution < 1.29 is 5.11 Å². The minimum atomic E-state index is 0.223. The summed E-state index contributed by atoms with van der Waals surface area (Å²) in [6.07, 6.45) is 0. The maximum Gasteiger partial charge on any atom is 0.118 e. The van der Waals surface area contributed by atoms with Gasteiger partial charge in [0.1, 0.15) is 16.8 Å². The fourth-order valence-electron chi connectivity index (χ4n) is 1.83. The van der Waals surface area contributed by atoms with Gasteiger partial charge in [-0.25, -0.2) is 0 Å². The average Bonchev–Trinajstić information content (AvgIpc) is 2.71. The summed E-state index contributed by atoms with van der Waals surface area (Å²) in [4.78, 5) is 1.54. The first-order valence-corrected chi connectivity index (χ1v) is 5.35. The molecule has 4 heteroatoms. The van der Waals surface area contributed by atoms with E-state index in [1.807, 2.05) is 37.3 Å². The standard InChI is InChI=1S/C13H11N3O/c1-9-6-10(8-11(17)7-9)16-14-12-4-2-3-5-13(12)15-16/h2-8,17H,1H3. The summed E-state index contributed by atoms with van der Waals surface area (Å²) in [5.41, 5.74) is 3.42. The topological polar surface area (TPSA) is 50.9 Å². The Morgan fingerprint density at radius 1 is 1.00 bits per heavy atom. The number of rotatable bonds is 1. The third-order valence-electron chi connectivity index (χ3n) is 2.56. The van der Waals surface area contributed by atoms with E-state index in [4.69, 9.17) is 0 Å². The molecule has 0 amide bonds. The van der Waals surface area contributed by atoms with Gasteiger partial charge in [0.2, 0.25) is 0 Å². The first-order valence-electron chi connectivity index (χ1n) is 5.35. The molecular weight excluding hydrogens is 214 g/mol. The van der Waals surface area contributed by atoms with Crippen LogP contribution in [0.4, 0.5) is 0 Å². The summed E-state index contributed by atoms with van der Waals surface area (Å²) in [7, 11) is 0. The summed E-state index contributed by atoms with van der Waals surface area (Å²) in [5.74, 6) is 0.223. The quantitative estimate of drug-likeness (QED) is 0.692. The van der Waals surface area contributed by atoms with Gasteiger partial charge in [0.05, 0.1) is 5.69 Å². The molecule has 0 spiro atoms. The third kappa shape index (κ3) is 1.73. The number of hydrogen-bond acceptors (Lipinski definition) is 3. The van der Waals surface area contributed by atoms with E-state index in [-0.39, 0.29) is 5.75 Å². The van der Waals surface area contributed by atoms with Gasteiger partial charge in [-0.2, -0.15) is 4.80 Å². The van der Waals surface area contributed by atoms with Crippen molar-refractivity contribution in [2.24, 2.45) is 0 Å². The largest absolute Gasteiger partial charge is 0.508 e. The maximum absolute atomic E-state index is 9.56. The molecule has 1 heterocycles. The smallest absolute Gasteiger partial charge is 0.118 e. The molecule has 0 atom stereocenters. The van der Waals surface area contributed by atoms with Crippen LogP contribution in [0.3, 0.4) is 0 Å². The molecule has 3 rings (SSSR count). The van der Waals surface area contributed by atoms with Gasteiger partial charge in [0.15, 0.2) is 0 Å². The van der Waals surface area contributed by atoms with E-state index in [0.29, 0.717) is 0 Å². The SMILES string of the molecule is Cc1cc(O)cc(-n2nc3ccccc3n2)c1. The number of phenolic OH excluding ortho intramolecular Hbond substituents is 1. The van der Waals surface area contributed by atoms with Crippen LogP contribution in [-0.2, 0) is 0 Å². The molecular formula is C13H11N3O. The van der Waals surface area contributed by atoms with Crippen molar-refractivity contribution >= 4 is 11.0 Å². The van der Waals surface area contributed by atoms with Gasteiger partial charge >= 0.3 is 0 Å². The highest BCUT2D eigenvalue weighted by atomic mass is 16.3. The van der Waals surface area contributed by atoms with Gasteiger partial charge in [-0.05, 0) is 36.8 Å². The Hall–Kier alpha value is -2.36. The molecule has 3 aromatic rings. The highest BCUT2D eigenvalue weighted by Crippen LogP contribution is 2.18. The number of fused-ring (bicyclic) bond motifs is 1. The van der Waals surface area contributed by atoms with Gasteiger partial charge in [-0.15, -0.1) is 10.2 Å². The second-order valence-electron chi connectivity index (χ2n) is 4.00. The van der Waals surface area contributed by atoms with Gasteiger partial charge in [-0.1, -0.05) is 12.1 Å². The molecule has 0 fully saturated rings. The summed E-state index contributed by atoms with van der Waals surface area (Å²) in [6.45, 7) is 1.92. The number of aromatic nitrogens is 3. The van der Waals surface area contributed by atoms with E-state index in [2.05, 4.69) is 10.2 Å². The Balaban J connectivity index is 2.20. The number of nitrogens with zero attached hydrogens (tertiary/aromatic N) is 3. The molecule has 0 saturated carbocycles. The average molecular weight is 225 g/mol. The molecule has 0 aliphatic carbocycles. The van der Waals surface area contributed by atoms with Gasteiger partial charge in [0.25, 0.3) is 0 Å². The van der Waals surface area contributed by atoms with Crippen molar-refractivity contribution in [3.8, 4) is 11.4 Å². The highest BCUT2D eigenvalue weighted by molar-refractivity contribution is 5.73. The number of aromatic hydroxyl groups is 1. The highest BCUT2D eigenvalue weighted by Gasteiger charge is 2.05. The van der Waals surface area contributed by atoms with Crippen LogP contribution in [0.2, 0.25) is 0 Å². The van der Waals surface area contributed by atoms with E-state index in [1.165, 1.54) is 4.80 Å². The molecule has 0 bridgehead atoms. The fraction of sp³-hybridized carbons (Fsp3) is 0.0769. The van der Waals surface area contributed by atoms with Crippen LogP contribution < -0.4 is 0 Å². The van der Waals surface area contributed by atoms with Crippen LogP contribution in [-0.4, -0.2) is 20.1 Å². The molecule has 0 radical (unpaired) electrons. The number of hydrogen-bond donors (Lipinski definition) is 1. The zero-order chi connectivity index (χ0) is 11.8. The van der Waals surface area contributed by atoms with Crippen LogP contribution in [0.25, 0.3) is 16.7 Å². The lowest BCUT2D eigenvalue weighted by molar-refractivity contribution is 0.474. The molecule has 2 aromatic carbocycles. The zero-order valence-corrected chi connectivity index (χ0v) is 9.33. The predicted octanol–water partition coefficient (Wildman–Crippen LogP) is 2.43. The monoisotopic (exact) mass is 225 g/mol. The lowest BCUT2D eigenvalue weighted by Gasteiger charge is -2.01. The van der Waals surface area contributed by atoms with Crippen molar-refractivity contribution in [1.82, 2.24) is 15.0 Å². The summed E-state index contributed by atoms with van der Waals surface area (Å²) in [6, 6.07) is 12.9. The molecule has 0 unspecified atom stereocenters. The van der Waals surface area contributed by atoms with Crippen LogP contribution in [0.15, 0.2) is 42.5 Å². The molecule has 0 aliphatic heterocycles. The zero-order valence-electron chi connectivity index (χ0n) is 9.33. The lowest BCUT2D eigenvalue weighted by Crippen LogP contribution is -1.98. The first-order chi connectivity index (χ1) is 8.22.